The van der Waals surface area contributed by atoms with E-state index in [4.69, 9.17) is 9.84 Å². The van der Waals surface area contributed by atoms with E-state index in [1.54, 1.807) is 10.7 Å². The van der Waals surface area contributed by atoms with Crippen LogP contribution < -0.4 is 0 Å². The van der Waals surface area contributed by atoms with Crippen LogP contribution in [0, 0.1) is 11.8 Å². The van der Waals surface area contributed by atoms with Gasteiger partial charge in [-0.05, 0) is 24.7 Å². The summed E-state index contributed by atoms with van der Waals surface area (Å²) in [4.78, 5) is 17.8. The molecule has 0 spiro atoms. The Morgan fingerprint density at radius 3 is 2.74 bits per heavy atom. The monoisotopic (exact) mass is 316 g/mol. The van der Waals surface area contributed by atoms with Crippen LogP contribution in [0.1, 0.15) is 28.8 Å². The fourth-order valence-corrected chi connectivity index (χ4v) is 4.19. The summed E-state index contributed by atoms with van der Waals surface area (Å²) in [5.41, 5.74) is 1.57. The van der Waals surface area contributed by atoms with Crippen LogP contribution in [0.5, 0.6) is 0 Å². The number of likely N-dealkylation sites (tertiary alicyclic amines) is 1. The first-order chi connectivity index (χ1) is 11.2. The first kappa shape index (κ1) is 14.6. The van der Waals surface area contributed by atoms with Crippen LogP contribution in [0.25, 0.3) is 5.65 Å². The molecule has 1 aliphatic heterocycles. The van der Waals surface area contributed by atoms with E-state index in [0.717, 1.165) is 25.2 Å². The van der Waals surface area contributed by atoms with Crippen molar-refractivity contribution in [3.8, 4) is 0 Å². The van der Waals surface area contributed by atoms with Crippen molar-refractivity contribution in [2.75, 3.05) is 20.2 Å². The average Bonchev–Trinajstić information content (AvgIpc) is 3.05. The zero-order chi connectivity index (χ0) is 16.0. The predicted octanol–water partition coefficient (Wildman–Crippen LogP) is 1.28. The van der Waals surface area contributed by atoms with Crippen LogP contribution >= 0.6 is 0 Å². The summed E-state index contributed by atoms with van der Waals surface area (Å²) in [7, 11) is 1.82. The highest BCUT2D eigenvalue weighted by Crippen LogP contribution is 2.38. The van der Waals surface area contributed by atoms with Gasteiger partial charge >= 0.3 is 5.97 Å². The van der Waals surface area contributed by atoms with Gasteiger partial charge in [0, 0.05) is 44.7 Å². The molecule has 122 valence electrons. The molecule has 3 atom stereocenters. The average molecular weight is 316 g/mol. The molecule has 2 aromatic rings. The number of rotatable bonds is 4. The highest BCUT2D eigenvalue weighted by atomic mass is 16.5. The van der Waals surface area contributed by atoms with Gasteiger partial charge in [-0.15, -0.1) is 0 Å². The molecule has 7 nitrogen and oxygen atoms in total. The third-order valence-electron chi connectivity index (χ3n) is 5.14. The third kappa shape index (κ3) is 2.49. The Hall–Kier alpha value is -1.99. The number of carbonyl (C=O) groups is 1. The number of methoxy groups -OCH3 is 1. The Morgan fingerprint density at radius 1 is 1.35 bits per heavy atom. The third-order valence-corrected chi connectivity index (χ3v) is 5.14. The Kier molecular flexibility index (Phi) is 3.54. The van der Waals surface area contributed by atoms with E-state index < -0.39 is 5.97 Å². The summed E-state index contributed by atoms with van der Waals surface area (Å²) in [6.07, 6.45) is 7.89. The molecule has 7 heteroatoms. The summed E-state index contributed by atoms with van der Waals surface area (Å²) in [5, 5.41) is 13.2. The highest BCUT2D eigenvalue weighted by Gasteiger charge is 2.42. The minimum Gasteiger partial charge on any atom is -0.477 e. The summed E-state index contributed by atoms with van der Waals surface area (Å²) in [6, 6.07) is 0. The summed E-state index contributed by atoms with van der Waals surface area (Å²) in [5.74, 6) is 0.246. The zero-order valence-corrected chi connectivity index (χ0v) is 13.1. The van der Waals surface area contributed by atoms with Crippen molar-refractivity contribution >= 4 is 11.6 Å². The van der Waals surface area contributed by atoms with Crippen LogP contribution in [-0.2, 0) is 11.3 Å². The number of ether oxygens (including phenoxy) is 1. The molecule has 1 saturated carbocycles. The predicted molar refractivity (Wildman–Crippen MR) is 82.2 cm³/mol. The van der Waals surface area contributed by atoms with E-state index in [2.05, 4.69) is 15.0 Å². The largest absolute Gasteiger partial charge is 0.477 e. The molecular formula is C16H20N4O3. The van der Waals surface area contributed by atoms with Gasteiger partial charge in [-0.3, -0.25) is 4.90 Å². The Balaban J connectivity index is 1.51. The smallest absolute Gasteiger partial charge is 0.341 e. The topological polar surface area (TPSA) is 80.0 Å². The second-order valence-corrected chi connectivity index (χ2v) is 6.59. The van der Waals surface area contributed by atoms with Crippen LogP contribution in [0.15, 0.2) is 18.6 Å². The first-order valence-corrected chi connectivity index (χ1v) is 7.96. The number of aromatic nitrogens is 3. The van der Waals surface area contributed by atoms with Crippen molar-refractivity contribution in [2.24, 2.45) is 11.8 Å². The van der Waals surface area contributed by atoms with Crippen LogP contribution in [0.3, 0.4) is 0 Å². The molecule has 2 aliphatic rings. The van der Waals surface area contributed by atoms with Crippen molar-refractivity contribution < 1.29 is 14.6 Å². The molecule has 0 radical (unpaired) electrons. The zero-order valence-electron chi connectivity index (χ0n) is 13.1. The maximum atomic E-state index is 11.1. The van der Waals surface area contributed by atoms with Crippen LogP contribution in [-0.4, -0.2) is 56.9 Å². The Labute approximate surface area is 133 Å². The number of aromatic carboxylic acids is 1. The lowest BCUT2D eigenvalue weighted by atomic mass is 9.94. The Morgan fingerprint density at radius 2 is 2.09 bits per heavy atom. The van der Waals surface area contributed by atoms with Crippen LogP contribution in [0.2, 0.25) is 0 Å². The molecular weight excluding hydrogens is 296 g/mol. The fourth-order valence-electron chi connectivity index (χ4n) is 4.19. The number of piperidine rings is 1. The molecule has 1 N–H and O–H groups in total. The number of fused-ring (bicyclic) bond motifs is 3. The van der Waals surface area contributed by atoms with Gasteiger partial charge in [0.1, 0.15) is 5.56 Å². The number of hydrogen-bond donors (Lipinski definition) is 1. The highest BCUT2D eigenvalue weighted by molar-refractivity contribution is 5.93. The van der Waals surface area contributed by atoms with Crippen molar-refractivity contribution in [1.29, 1.82) is 0 Å². The molecule has 23 heavy (non-hydrogen) atoms. The number of nitrogens with zero attached hydrogens (tertiary/aromatic N) is 4. The van der Waals surface area contributed by atoms with Gasteiger partial charge in [-0.25, -0.2) is 14.3 Å². The standard InChI is InChI=1S/C16H20N4O3/c1-23-14-11-2-3-12(14)9-19(8-11)6-10-4-17-15-13(16(21)22)5-18-20(15)7-10/h4-5,7,11-12,14H,2-3,6,8-9H2,1H3,(H,21,22)/t11-,12+,14?. The Bertz CT molecular complexity index is 730. The molecule has 3 heterocycles. The van der Waals surface area contributed by atoms with Crippen molar-refractivity contribution in [3.05, 3.63) is 29.7 Å². The second-order valence-electron chi connectivity index (χ2n) is 6.59. The fraction of sp³-hybridized carbons (Fsp3) is 0.562. The normalized spacial score (nSPS) is 27.6. The first-order valence-electron chi connectivity index (χ1n) is 7.96. The van der Waals surface area contributed by atoms with E-state index >= 15 is 0 Å². The molecule has 2 aromatic heterocycles. The lowest BCUT2D eigenvalue weighted by molar-refractivity contribution is -0.0180. The number of hydrogen-bond acceptors (Lipinski definition) is 5. The molecule has 1 aliphatic carbocycles. The van der Waals surface area contributed by atoms with Gasteiger partial charge in [0.05, 0.1) is 12.3 Å². The summed E-state index contributed by atoms with van der Waals surface area (Å²) >= 11 is 0. The summed E-state index contributed by atoms with van der Waals surface area (Å²) in [6.45, 7) is 2.91. The molecule has 2 fully saturated rings. The van der Waals surface area contributed by atoms with E-state index in [1.165, 1.54) is 19.0 Å². The molecule has 0 aromatic carbocycles. The number of carboxylic acids is 1. The minimum atomic E-state index is -1.00. The van der Waals surface area contributed by atoms with E-state index in [9.17, 15) is 4.79 Å². The van der Waals surface area contributed by atoms with Gasteiger partial charge in [-0.2, -0.15) is 5.10 Å². The second kappa shape index (κ2) is 5.58. The lowest BCUT2D eigenvalue weighted by Crippen LogP contribution is -2.45. The van der Waals surface area contributed by atoms with Crippen molar-refractivity contribution in [3.63, 3.8) is 0 Å². The molecule has 4 rings (SSSR count). The van der Waals surface area contributed by atoms with E-state index in [1.807, 2.05) is 13.3 Å². The van der Waals surface area contributed by atoms with Crippen molar-refractivity contribution in [1.82, 2.24) is 19.5 Å². The van der Waals surface area contributed by atoms with Crippen LogP contribution in [0.4, 0.5) is 0 Å². The van der Waals surface area contributed by atoms with E-state index in [-0.39, 0.29) is 5.56 Å². The van der Waals surface area contributed by atoms with Gasteiger partial charge in [0.2, 0.25) is 0 Å². The van der Waals surface area contributed by atoms with Gasteiger partial charge in [0.25, 0.3) is 0 Å². The number of carboxylic acid groups (broad SMARTS) is 1. The summed E-state index contributed by atoms with van der Waals surface area (Å²) < 4.78 is 7.20. The maximum absolute atomic E-state index is 11.1. The quantitative estimate of drug-likeness (QED) is 0.915. The van der Waals surface area contributed by atoms with E-state index in [0.29, 0.717) is 23.6 Å². The maximum Gasteiger partial charge on any atom is 0.341 e. The molecule has 1 saturated heterocycles. The SMILES string of the molecule is COC1[C@@H]2CC[C@H]1CN(Cc1cnc3c(C(=O)O)cnn3c1)C2. The molecule has 1 unspecified atom stereocenters. The van der Waals surface area contributed by atoms with Gasteiger partial charge in [0.15, 0.2) is 5.65 Å². The lowest BCUT2D eigenvalue weighted by Gasteiger charge is -2.37. The minimum absolute atomic E-state index is 0.135. The van der Waals surface area contributed by atoms with Gasteiger partial charge < -0.3 is 9.84 Å². The van der Waals surface area contributed by atoms with Gasteiger partial charge in [-0.1, -0.05) is 0 Å². The van der Waals surface area contributed by atoms with Crippen molar-refractivity contribution in [2.45, 2.75) is 25.5 Å². The molecule has 0 amide bonds. The molecule has 2 bridgehead atoms.